The van der Waals surface area contributed by atoms with E-state index in [1.807, 2.05) is 6.07 Å². The van der Waals surface area contributed by atoms with Crippen molar-refractivity contribution in [2.45, 2.75) is 74.3 Å². The number of ketones is 1. The van der Waals surface area contributed by atoms with Crippen molar-refractivity contribution < 1.29 is 18.2 Å². The SMILES string of the molecule is C=S1(=O)CCC(CC(=O)[C@@H]2NC3(CCCCC3)[C@@]3(C(=O)Nc4cc(Cl)ccc43)[C@H]2c2cccc(Cl)c2F)CC1. The van der Waals surface area contributed by atoms with E-state index >= 15 is 4.39 Å². The summed E-state index contributed by atoms with van der Waals surface area (Å²) in [6.07, 6.45) is 5.86. The zero-order valence-corrected chi connectivity index (χ0v) is 24.1. The first-order valence-corrected chi connectivity index (χ1v) is 16.6. The highest BCUT2D eigenvalue weighted by molar-refractivity contribution is 8.00. The number of carbonyl (C=O) groups excluding carboxylic acids is 2. The Morgan fingerprint density at radius 1 is 1.10 bits per heavy atom. The summed E-state index contributed by atoms with van der Waals surface area (Å²) in [5, 5.41) is 7.22. The highest BCUT2D eigenvalue weighted by Gasteiger charge is 2.72. The molecule has 1 saturated carbocycles. The van der Waals surface area contributed by atoms with Crippen LogP contribution in [0.3, 0.4) is 0 Å². The first kappa shape index (κ1) is 27.3. The van der Waals surface area contributed by atoms with Crippen molar-refractivity contribution >= 4 is 56.0 Å². The molecule has 39 heavy (non-hydrogen) atoms. The average molecular weight is 592 g/mol. The van der Waals surface area contributed by atoms with Crippen LogP contribution in [0.1, 0.15) is 68.4 Å². The zero-order valence-electron chi connectivity index (χ0n) is 21.7. The quantitative estimate of drug-likeness (QED) is 0.437. The molecule has 2 spiro atoms. The van der Waals surface area contributed by atoms with Crippen molar-refractivity contribution in [3.63, 3.8) is 0 Å². The van der Waals surface area contributed by atoms with Gasteiger partial charge >= 0.3 is 0 Å². The van der Waals surface area contributed by atoms with E-state index in [-0.39, 0.29) is 34.6 Å². The van der Waals surface area contributed by atoms with Crippen molar-refractivity contribution in [2.24, 2.45) is 5.92 Å². The minimum atomic E-state index is -2.07. The van der Waals surface area contributed by atoms with Gasteiger partial charge in [-0.25, -0.2) is 4.39 Å². The van der Waals surface area contributed by atoms with Gasteiger partial charge in [0.05, 0.1) is 11.1 Å². The summed E-state index contributed by atoms with van der Waals surface area (Å²) >= 11 is 12.6. The number of Topliss-reactive ketones (excluding diaryl/α,β-unsaturated/α-hetero) is 1. The summed E-state index contributed by atoms with van der Waals surface area (Å²) < 4.78 is 28.4. The number of hydrogen-bond acceptors (Lipinski definition) is 4. The number of anilines is 1. The van der Waals surface area contributed by atoms with Crippen LogP contribution < -0.4 is 10.6 Å². The molecule has 3 heterocycles. The normalized spacial score (nSPS) is 33.3. The predicted molar refractivity (Wildman–Crippen MR) is 156 cm³/mol. The third kappa shape index (κ3) is 4.27. The second-order valence-electron chi connectivity index (χ2n) is 11.8. The van der Waals surface area contributed by atoms with Crippen LogP contribution in [-0.2, 0) is 24.5 Å². The standard InChI is InChI=1S/C30H33Cl2FN2O3S/c1-39(38)14-10-18(11-15-39)16-24(36)27-25(20-6-5-7-22(32)26(20)33)30(29(35-27)12-3-2-4-13-29)21-9-8-19(31)17-23(21)34-28(30)37/h5-9,17-18,25,27,35H,1-4,10-16H2,(H,34,37)/t18?,25-,27-,30+,39?/m0/s1. The van der Waals surface area contributed by atoms with Gasteiger partial charge < -0.3 is 5.32 Å². The van der Waals surface area contributed by atoms with E-state index in [0.717, 1.165) is 24.8 Å². The van der Waals surface area contributed by atoms with Gasteiger partial charge in [-0.15, -0.1) is 0 Å². The van der Waals surface area contributed by atoms with Crippen LogP contribution in [0.5, 0.6) is 0 Å². The second-order valence-corrected chi connectivity index (χ2v) is 15.4. The van der Waals surface area contributed by atoms with Crippen LogP contribution in [0.2, 0.25) is 10.0 Å². The van der Waals surface area contributed by atoms with Gasteiger partial charge in [-0.3, -0.25) is 19.1 Å². The highest BCUT2D eigenvalue weighted by Crippen LogP contribution is 2.63. The van der Waals surface area contributed by atoms with E-state index in [1.165, 1.54) is 6.07 Å². The van der Waals surface area contributed by atoms with Gasteiger partial charge in [-0.1, -0.05) is 60.7 Å². The number of hydrogen-bond donors (Lipinski definition) is 2. The van der Waals surface area contributed by atoms with Gasteiger partial charge in [0.1, 0.15) is 11.2 Å². The van der Waals surface area contributed by atoms with Gasteiger partial charge in [-0.05, 0) is 76.3 Å². The first-order valence-electron chi connectivity index (χ1n) is 13.8. The smallest absolute Gasteiger partial charge is 0.237 e. The number of rotatable bonds is 4. The summed E-state index contributed by atoms with van der Waals surface area (Å²) in [5.74, 6) is 3.29. The van der Waals surface area contributed by atoms with Crippen LogP contribution in [0.15, 0.2) is 36.4 Å². The monoisotopic (exact) mass is 590 g/mol. The minimum Gasteiger partial charge on any atom is -0.325 e. The van der Waals surface area contributed by atoms with Gasteiger partial charge in [0.15, 0.2) is 5.78 Å². The van der Waals surface area contributed by atoms with Crippen LogP contribution in [0.25, 0.3) is 0 Å². The molecular formula is C30H33Cl2FN2O3S. The largest absolute Gasteiger partial charge is 0.325 e. The maximum atomic E-state index is 15.9. The van der Waals surface area contributed by atoms with Crippen molar-refractivity contribution in [1.29, 1.82) is 0 Å². The Morgan fingerprint density at radius 3 is 2.54 bits per heavy atom. The van der Waals surface area contributed by atoms with Crippen molar-refractivity contribution in [2.75, 3.05) is 16.8 Å². The predicted octanol–water partition coefficient (Wildman–Crippen LogP) is 5.87. The number of amides is 1. The lowest BCUT2D eigenvalue weighted by Crippen LogP contribution is -2.60. The lowest BCUT2D eigenvalue weighted by atomic mass is 9.55. The molecule has 2 aromatic rings. The van der Waals surface area contributed by atoms with Crippen LogP contribution in [0, 0.1) is 11.7 Å². The molecular weight excluding hydrogens is 558 g/mol. The molecule has 2 saturated heterocycles. The Hall–Kier alpha value is -1.93. The maximum Gasteiger partial charge on any atom is 0.237 e. The molecule has 2 N–H and O–H groups in total. The van der Waals surface area contributed by atoms with E-state index in [4.69, 9.17) is 23.2 Å². The van der Waals surface area contributed by atoms with E-state index in [9.17, 15) is 13.8 Å². The number of benzene rings is 2. The van der Waals surface area contributed by atoms with Gasteiger partial charge in [-0.2, -0.15) is 0 Å². The van der Waals surface area contributed by atoms with Crippen molar-refractivity contribution in [3.8, 4) is 0 Å². The summed E-state index contributed by atoms with van der Waals surface area (Å²) in [7, 11) is -2.07. The van der Waals surface area contributed by atoms with Crippen molar-refractivity contribution in [3.05, 3.63) is 63.4 Å². The number of carbonyl (C=O) groups is 2. The summed E-state index contributed by atoms with van der Waals surface area (Å²) in [6, 6.07) is 9.41. The van der Waals surface area contributed by atoms with Crippen LogP contribution in [0.4, 0.5) is 10.1 Å². The molecule has 3 fully saturated rings. The van der Waals surface area contributed by atoms with E-state index in [0.29, 0.717) is 47.9 Å². The molecule has 6 rings (SSSR count). The molecule has 9 heteroatoms. The Bertz CT molecular complexity index is 1440. The van der Waals surface area contributed by atoms with Gasteiger partial charge in [0.2, 0.25) is 5.91 Å². The lowest BCUT2D eigenvalue weighted by molar-refractivity contribution is -0.124. The minimum absolute atomic E-state index is 0.0364. The Labute approximate surface area is 239 Å². The maximum absolute atomic E-state index is 15.9. The Morgan fingerprint density at radius 2 is 1.82 bits per heavy atom. The second kappa shape index (κ2) is 9.86. The molecule has 0 radical (unpaired) electrons. The van der Waals surface area contributed by atoms with Gasteiger partial charge in [0.25, 0.3) is 0 Å². The molecule has 3 aliphatic heterocycles. The molecule has 0 bridgehead atoms. The number of fused-ring (bicyclic) bond motifs is 3. The van der Waals surface area contributed by atoms with Crippen molar-refractivity contribution in [1.82, 2.24) is 5.32 Å². The lowest BCUT2D eigenvalue weighted by Gasteiger charge is -2.47. The zero-order chi connectivity index (χ0) is 27.6. The molecule has 0 unspecified atom stereocenters. The van der Waals surface area contributed by atoms with Crippen LogP contribution >= 0.6 is 23.2 Å². The number of halogens is 3. The molecule has 5 nitrogen and oxygen atoms in total. The average Bonchev–Trinajstić information content (AvgIpc) is 3.35. The molecule has 3 atom stereocenters. The Balaban J connectivity index is 1.52. The fourth-order valence-electron chi connectivity index (χ4n) is 7.89. The topological polar surface area (TPSA) is 75.3 Å². The fraction of sp³-hybridized carbons (Fsp3) is 0.500. The summed E-state index contributed by atoms with van der Waals surface area (Å²) in [5.41, 5.74) is -0.314. The molecule has 4 aliphatic rings. The molecule has 2 aromatic carbocycles. The highest BCUT2D eigenvalue weighted by atomic mass is 35.5. The number of nitrogens with one attached hydrogen (secondary N) is 2. The fourth-order valence-corrected chi connectivity index (χ4v) is 9.98. The van der Waals surface area contributed by atoms with E-state index in [2.05, 4.69) is 16.5 Å². The third-order valence-corrected chi connectivity index (χ3v) is 12.1. The third-order valence-electron chi connectivity index (χ3n) is 9.66. The molecule has 1 aliphatic carbocycles. The van der Waals surface area contributed by atoms with Gasteiger partial charge in [0, 0.05) is 40.1 Å². The molecule has 1 amide bonds. The molecule has 208 valence electrons. The first-order chi connectivity index (χ1) is 18.6. The summed E-state index contributed by atoms with van der Waals surface area (Å²) in [6.45, 7) is 0. The molecule has 0 aromatic heterocycles. The van der Waals surface area contributed by atoms with Crippen LogP contribution in [-0.4, -0.2) is 44.9 Å². The Kier molecular flexibility index (Phi) is 6.89. The summed E-state index contributed by atoms with van der Waals surface area (Å²) in [4.78, 5) is 28.6. The van der Waals surface area contributed by atoms with E-state index in [1.54, 1.807) is 24.3 Å². The van der Waals surface area contributed by atoms with E-state index < -0.39 is 38.3 Å².